The number of methoxy groups -OCH3 is 1. The van der Waals surface area contributed by atoms with E-state index in [1.54, 1.807) is 7.11 Å². The van der Waals surface area contributed by atoms with Crippen LogP contribution in [-0.2, 0) is 6.42 Å². The lowest BCUT2D eigenvalue weighted by Gasteiger charge is -2.15. The van der Waals surface area contributed by atoms with Crippen molar-refractivity contribution in [1.29, 1.82) is 0 Å². The zero-order valence-electron chi connectivity index (χ0n) is 10.8. The second kappa shape index (κ2) is 6.60. The first-order valence-electron chi connectivity index (χ1n) is 6.22. The molecule has 0 saturated heterocycles. The van der Waals surface area contributed by atoms with Crippen LogP contribution >= 0.6 is 11.6 Å². The monoisotopic (exact) mass is 276 g/mol. The fraction of sp³-hybridized carbons (Fsp3) is 0.250. The van der Waals surface area contributed by atoms with Crippen LogP contribution in [0.25, 0.3) is 0 Å². The van der Waals surface area contributed by atoms with Crippen LogP contribution in [0.15, 0.2) is 48.5 Å². The highest BCUT2D eigenvalue weighted by Gasteiger charge is 2.12. The Hall–Kier alpha value is -1.51. The molecule has 1 N–H and O–H groups in total. The molecular weight excluding hydrogens is 260 g/mol. The van der Waals surface area contributed by atoms with Gasteiger partial charge in [-0.25, -0.2) is 0 Å². The predicted molar refractivity (Wildman–Crippen MR) is 78.0 cm³/mol. The van der Waals surface area contributed by atoms with Crippen LogP contribution < -0.4 is 4.74 Å². The van der Waals surface area contributed by atoms with Crippen molar-refractivity contribution >= 4 is 11.6 Å². The summed E-state index contributed by atoms with van der Waals surface area (Å²) < 4.78 is 5.22. The largest absolute Gasteiger partial charge is 0.497 e. The molecular formula is C16H17ClO2. The molecule has 19 heavy (non-hydrogen) atoms. The highest BCUT2D eigenvalue weighted by molar-refractivity contribution is 6.30. The smallest absolute Gasteiger partial charge is 0.119 e. The summed E-state index contributed by atoms with van der Waals surface area (Å²) in [6.07, 6.45) is 0.754. The fourth-order valence-electron chi connectivity index (χ4n) is 2.13. The van der Waals surface area contributed by atoms with E-state index in [1.165, 1.54) is 0 Å². The van der Waals surface area contributed by atoms with Crippen molar-refractivity contribution in [3.8, 4) is 5.75 Å². The minimum Gasteiger partial charge on any atom is -0.497 e. The lowest BCUT2D eigenvalue weighted by molar-refractivity contribution is 0.264. The zero-order chi connectivity index (χ0) is 13.7. The lowest BCUT2D eigenvalue weighted by Crippen LogP contribution is -2.08. The Morgan fingerprint density at radius 2 is 1.95 bits per heavy atom. The number of hydrogen-bond acceptors (Lipinski definition) is 2. The maximum Gasteiger partial charge on any atom is 0.119 e. The first-order chi connectivity index (χ1) is 9.22. The van der Waals surface area contributed by atoms with E-state index in [0.717, 1.165) is 28.3 Å². The number of halogens is 1. The molecule has 0 radical (unpaired) electrons. The lowest BCUT2D eigenvalue weighted by atomic mass is 9.92. The molecule has 0 aliphatic heterocycles. The van der Waals surface area contributed by atoms with Crippen LogP contribution in [-0.4, -0.2) is 18.8 Å². The van der Waals surface area contributed by atoms with Crippen LogP contribution in [0, 0.1) is 0 Å². The summed E-state index contributed by atoms with van der Waals surface area (Å²) >= 11 is 5.98. The van der Waals surface area contributed by atoms with Crippen LogP contribution in [0.3, 0.4) is 0 Å². The first-order valence-corrected chi connectivity index (χ1v) is 6.60. The van der Waals surface area contributed by atoms with E-state index in [1.807, 2.05) is 48.5 Å². The molecule has 0 spiro atoms. The van der Waals surface area contributed by atoms with Crippen molar-refractivity contribution in [3.05, 3.63) is 64.7 Å². The summed E-state index contributed by atoms with van der Waals surface area (Å²) in [4.78, 5) is 0. The van der Waals surface area contributed by atoms with Crippen molar-refractivity contribution in [1.82, 2.24) is 0 Å². The van der Waals surface area contributed by atoms with Gasteiger partial charge in [0, 0.05) is 10.9 Å². The van der Waals surface area contributed by atoms with Gasteiger partial charge in [-0.3, -0.25) is 0 Å². The average molecular weight is 277 g/mol. The number of hydrogen-bond donors (Lipinski definition) is 1. The minimum atomic E-state index is 0.0496. The van der Waals surface area contributed by atoms with Gasteiger partial charge in [-0.1, -0.05) is 35.9 Å². The minimum absolute atomic E-state index is 0.0496. The molecule has 2 rings (SSSR count). The van der Waals surface area contributed by atoms with Gasteiger partial charge < -0.3 is 9.84 Å². The third kappa shape index (κ3) is 3.72. The number of rotatable bonds is 5. The maximum atomic E-state index is 9.60. The highest BCUT2D eigenvalue weighted by atomic mass is 35.5. The van der Waals surface area contributed by atoms with E-state index in [0.29, 0.717) is 0 Å². The average Bonchev–Trinajstić information content (AvgIpc) is 2.45. The molecule has 0 aliphatic rings. The predicted octanol–water partition coefficient (Wildman–Crippen LogP) is 3.67. The Morgan fingerprint density at radius 1 is 1.16 bits per heavy atom. The summed E-state index contributed by atoms with van der Waals surface area (Å²) in [5, 5.41) is 10.3. The molecule has 0 amide bonds. The molecule has 3 heteroatoms. The van der Waals surface area contributed by atoms with Gasteiger partial charge >= 0.3 is 0 Å². The molecule has 2 nitrogen and oxygen atoms in total. The van der Waals surface area contributed by atoms with Crippen LogP contribution in [0.5, 0.6) is 5.75 Å². The Bertz CT molecular complexity index is 540. The van der Waals surface area contributed by atoms with E-state index in [-0.39, 0.29) is 12.5 Å². The van der Waals surface area contributed by atoms with Gasteiger partial charge in [0.2, 0.25) is 0 Å². The normalized spacial score (nSPS) is 12.2. The van der Waals surface area contributed by atoms with Crippen LogP contribution in [0.4, 0.5) is 0 Å². The Balaban J connectivity index is 2.19. The molecule has 2 aromatic carbocycles. The summed E-state index contributed by atoms with van der Waals surface area (Å²) in [7, 11) is 1.64. The zero-order valence-corrected chi connectivity index (χ0v) is 11.6. The second-order valence-corrected chi connectivity index (χ2v) is 4.93. The third-order valence-corrected chi connectivity index (χ3v) is 3.39. The Labute approximate surface area is 118 Å². The number of benzene rings is 2. The van der Waals surface area contributed by atoms with E-state index in [9.17, 15) is 5.11 Å². The molecule has 0 fully saturated rings. The van der Waals surface area contributed by atoms with Gasteiger partial charge in [0.25, 0.3) is 0 Å². The quantitative estimate of drug-likeness (QED) is 0.903. The SMILES string of the molecule is COc1cccc(C(CO)Cc2cccc(Cl)c2)c1. The molecule has 0 aromatic heterocycles. The van der Waals surface area contributed by atoms with E-state index < -0.39 is 0 Å². The van der Waals surface area contributed by atoms with Crippen LogP contribution in [0.2, 0.25) is 5.02 Å². The fourth-order valence-corrected chi connectivity index (χ4v) is 2.34. The summed E-state index contributed by atoms with van der Waals surface area (Å²) in [6.45, 7) is 0.0969. The van der Waals surface area contributed by atoms with Crippen molar-refractivity contribution < 1.29 is 9.84 Å². The molecule has 1 unspecified atom stereocenters. The van der Waals surface area contributed by atoms with Crippen molar-refractivity contribution in [3.63, 3.8) is 0 Å². The van der Waals surface area contributed by atoms with Gasteiger partial charge in [-0.05, 0) is 41.8 Å². The second-order valence-electron chi connectivity index (χ2n) is 4.49. The summed E-state index contributed by atoms with van der Waals surface area (Å²) in [5.41, 5.74) is 2.19. The van der Waals surface area contributed by atoms with Crippen molar-refractivity contribution in [2.24, 2.45) is 0 Å². The van der Waals surface area contributed by atoms with E-state index in [4.69, 9.17) is 16.3 Å². The summed E-state index contributed by atoms with van der Waals surface area (Å²) in [5.74, 6) is 0.857. The van der Waals surface area contributed by atoms with Gasteiger partial charge in [0.05, 0.1) is 13.7 Å². The molecule has 0 heterocycles. The molecule has 0 saturated carbocycles. The van der Waals surface area contributed by atoms with Gasteiger partial charge in [-0.2, -0.15) is 0 Å². The number of aliphatic hydroxyl groups excluding tert-OH is 1. The molecule has 100 valence electrons. The number of ether oxygens (including phenoxy) is 1. The number of aliphatic hydroxyl groups is 1. The van der Waals surface area contributed by atoms with Crippen molar-refractivity contribution in [2.45, 2.75) is 12.3 Å². The Kier molecular flexibility index (Phi) is 4.83. The van der Waals surface area contributed by atoms with E-state index >= 15 is 0 Å². The van der Waals surface area contributed by atoms with Crippen LogP contribution in [0.1, 0.15) is 17.0 Å². The molecule has 0 aliphatic carbocycles. The topological polar surface area (TPSA) is 29.5 Å². The highest BCUT2D eigenvalue weighted by Crippen LogP contribution is 2.25. The first kappa shape index (κ1) is 13.9. The molecule has 0 bridgehead atoms. The van der Waals surface area contributed by atoms with Gasteiger partial charge in [0.15, 0.2) is 0 Å². The molecule has 1 atom stereocenters. The molecule has 2 aromatic rings. The standard InChI is InChI=1S/C16H17ClO2/c1-19-16-7-3-5-13(10-16)14(11-18)8-12-4-2-6-15(17)9-12/h2-7,9-10,14,18H,8,11H2,1H3. The van der Waals surface area contributed by atoms with Gasteiger partial charge in [-0.15, -0.1) is 0 Å². The van der Waals surface area contributed by atoms with Crippen molar-refractivity contribution in [2.75, 3.05) is 13.7 Å². The Morgan fingerprint density at radius 3 is 2.63 bits per heavy atom. The maximum absolute atomic E-state index is 9.60. The third-order valence-electron chi connectivity index (χ3n) is 3.16. The van der Waals surface area contributed by atoms with Gasteiger partial charge in [0.1, 0.15) is 5.75 Å². The summed E-state index contributed by atoms with van der Waals surface area (Å²) in [6, 6.07) is 15.5. The van der Waals surface area contributed by atoms with E-state index in [2.05, 4.69) is 0 Å².